The first-order chi connectivity index (χ1) is 14.6. The first-order valence-corrected chi connectivity index (χ1v) is 10.9. The third-order valence-electron chi connectivity index (χ3n) is 6.12. The smallest absolute Gasteiger partial charge is 0.416 e. The van der Waals surface area contributed by atoms with Gasteiger partial charge < -0.3 is 5.11 Å². The average Bonchev–Trinajstić information content (AvgIpc) is 2.70. The number of aliphatic carboxylic acids is 1. The van der Waals surface area contributed by atoms with Gasteiger partial charge in [-0.25, -0.2) is 0 Å². The summed E-state index contributed by atoms with van der Waals surface area (Å²) in [7, 11) is 0. The fourth-order valence-electron chi connectivity index (χ4n) is 4.45. The van der Waals surface area contributed by atoms with E-state index in [0.29, 0.717) is 18.9 Å². The number of piperidine rings is 1. The van der Waals surface area contributed by atoms with Crippen LogP contribution in [0.25, 0.3) is 0 Å². The highest BCUT2D eigenvalue weighted by atomic mass is 19.4. The zero-order valence-corrected chi connectivity index (χ0v) is 18.5. The van der Waals surface area contributed by atoms with Crippen LogP contribution in [-0.4, -0.2) is 28.6 Å². The van der Waals surface area contributed by atoms with Crippen molar-refractivity contribution in [2.75, 3.05) is 6.54 Å². The number of halogens is 3. The van der Waals surface area contributed by atoms with E-state index in [1.54, 1.807) is 0 Å². The molecule has 0 amide bonds. The summed E-state index contributed by atoms with van der Waals surface area (Å²) >= 11 is 0. The number of nitrogens with zero attached hydrogens (tertiary/aromatic N) is 1. The number of hydrogen-bond donors (Lipinski definition) is 1. The Morgan fingerprint density at radius 2 is 1.87 bits per heavy atom. The number of carboxylic acid groups (broad SMARTS) is 1. The predicted octanol–water partition coefficient (Wildman–Crippen LogP) is 6.32. The minimum absolute atomic E-state index is 0.0162. The van der Waals surface area contributed by atoms with Crippen LogP contribution in [0.4, 0.5) is 13.2 Å². The van der Waals surface area contributed by atoms with Crippen LogP contribution < -0.4 is 0 Å². The molecule has 1 fully saturated rings. The van der Waals surface area contributed by atoms with Crippen molar-refractivity contribution in [2.45, 2.75) is 71.1 Å². The Morgan fingerprint density at radius 1 is 1.26 bits per heavy atom. The van der Waals surface area contributed by atoms with Gasteiger partial charge in [-0.15, -0.1) is 0 Å². The van der Waals surface area contributed by atoms with E-state index in [-0.39, 0.29) is 24.4 Å². The van der Waals surface area contributed by atoms with Crippen LogP contribution >= 0.6 is 0 Å². The van der Waals surface area contributed by atoms with E-state index in [1.165, 1.54) is 12.1 Å². The fraction of sp³-hybridized carbons (Fsp3) is 0.560. The van der Waals surface area contributed by atoms with Crippen LogP contribution in [0, 0.1) is 23.7 Å². The van der Waals surface area contributed by atoms with E-state index in [2.05, 4.69) is 37.2 Å². The largest absolute Gasteiger partial charge is 0.481 e. The summed E-state index contributed by atoms with van der Waals surface area (Å²) in [5.41, 5.74) is 0.860. The Balaban J connectivity index is 2.45. The molecule has 3 atom stereocenters. The third kappa shape index (κ3) is 6.87. The predicted molar refractivity (Wildman–Crippen MR) is 116 cm³/mol. The Bertz CT molecular complexity index is 816. The maximum Gasteiger partial charge on any atom is 0.416 e. The molecule has 0 aromatic heterocycles. The molecule has 3 nitrogen and oxygen atoms in total. The van der Waals surface area contributed by atoms with E-state index in [1.807, 2.05) is 6.92 Å². The second-order valence-corrected chi connectivity index (χ2v) is 8.43. The third-order valence-corrected chi connectivity index (χ3v) is 6.12. The molecule has 1 aromatic carbocycles. The van der Waals surface area contributed by atoms with E-state index < -0.39 is 17.7 Å². The van der Waals surface area contributed by atoms with Gasteiger partial charge in [-0.05, 0) is 54.9 Å². The molecule has 0 bridgehead atoms. The number of hydrogen-bond acceptors (Lipinski definition) is 2. The fourth-order valence-corrected chi connectivity index (χ4v) is 4.45. The number of benzene rings is 1. The lowest BCUT2D eigenvalue weighted by Crippen LogP contribution is -2.46. The lowest BCUT2D eigenvalue weighted by Gasteiger charge is -2.44. The van der Waals surface area contributed by atoms with Gasteiger partial charge in [0.05, 0.1) is 11.6 Å². The standard InChI is InChI=1S/C25H32F3NO2/c1-5-19(6-2)22(12-7-17(3)4)29-14-13-18(16-24(30)31)15-23(29)20-8-10-21(11-9-20)25(26,27)28/h8-11,18-19,22-23H,3,5-6,13-16H2,1-2,4H3,(H,30,31)/t18-,22-,23+/m1/s1. The summed E-state index contributed by atoms with van der Waals surface area (Å²) < 4.78 is 39.1. The van der Waals surface area contributed by atoms with Gasteiger partial charge in [-0.1, -0.05) is 57.2 Å². The highest BCUT2D eigenvalue weighted by molar-refractivity contribution is 5.67. The highest BCUT2D eigenvalue weighted by Gasteiger charge is 2.37. The SMILES string of the molecule is C=C(C)C#C[C@H](C(CC)CC)N1CC[C@@H](CC(=O)O)C[C@H]1c1ccc(C(F)(F)F)cc1. The molecule has 6 heteroatoms. The van der Waals surface area contributed by atoms with Crippen LogP contribution in [0.2, 0.25) is 0 Å². The van der Waals surface area contributed by atoms with Crippen molar-refractivity contribution >= 4 is 5.97 Å². The molecule has 0 radical (unpaired) electrons. The van der Waals surface area contributed by atoms with Crippen LogP contribution in [0.15, 0.2) is 36.4 Å². The van der Waals surface area contributed by atoms with Gasteiger partial charge >= 0.3 is 12.1 Å². The molecule has 1 heterocycles. The molecular weight excluding hydrogens is 403 g/mol. The van der Waals surface area contributed by atoms with Crippen LogP contribution in [0.5, 0.6) is 0 Å². The second kappa shape index (κ2) is 10.9. The highest BCUT2D eigenvalue weighted by Crippen LogP contribution is 2.40. The lowest BCUT2D eigenvalue weighted by molar-refractivity contribution is -0.139. The number of likely N-dealkylation sites (tertiary alicyclic amines) is 1. The Morgan fingerprint density at radius 3 is 2.35 bits per heavy atom. The average molecular weight is 436 g/mol. The number of carboxylic acids is 1. The first-order valence-electron chi connectivity index (χ1n) is 10.9. The number of allylic oxidation sites excluding steroid dienone is 1. The van der Waals surface area contributed by atoms with Crippen molar-refractivity contribution in [3.05, 3.63) is 47.5 Å². The summed E-state index contributed by atoms with van der Waals surface area (Å²) in [6, 6.07) is 5.04. The zero-order chi connectivity index (χ0) is 23.2. The van der Waals surface area contributed by atoms with Crippen LogP contribution in [0.3, 0.4) is 0 Å². The maximum atomic E-state index is 13.0. The molecule has 1 saturated heterocycles. The van der Waals surface area contributed by atoms with Gasteiger partial charge in [0.1, 0.15) is 0 Å². The molecule has 0 unspecified atom stereocenters. The van der Waals surface area contributed by atoms with Crippen molar-refractivity contribution in [1.82, 2.24) is 4.90 Å². The molecule has 0 spiro atoms. The van der Waals surface area contributed by atoms with E-state index in [4.69, 9.17) is 0 Å². The minimum Gasteiger partial charge on any atom is -0.481 e. The molecular formula is C25H32F3NO2. The lowest BCUT2D eigenvalue weighted by atomic mass is 9.82. The van der Waals surface area contributed by atoms with Gasteiger partial charge in [0.25, 0.3) is 0 Å². The molecule has 0 aliphatic carbocycles. The van der Waals surface area contributed by atoms with Crippen LogP contribution in [0.1, 0.15) is 70.0 Å². The summed E-state index contributed by atoms with van der Waals surface area (Å²) in [4.78, 5) is 13.6. The Labute approximate surface area is 183 Å². The van der Waals surface area contributed by atoms with E-state index in [9.17, 15) is 23.1 Å². The maximum absolute atomic E-state index is 13.0. The second-order valence-electron chi connectivity index (χ2n) is 8.43. The number of alkyl halides is 3. The molecule has 1 N–H and O–H groups in total. The summed E-state index contributed by atoms with van der Waals surface area (Å²) in [5.74, 6) is 5.91. The van der Waals surface area contributed by atoms with Crippen molar-refractivity contribution in [2.24, 2.45) is 11.8 Å². The summed E-state index contributed by atoms with van der Waals surface area (Å²) in [5, 5.41) is 9.26. The van der Waals surface area contributed by atoms with E-state index in [0.717, 1.165) is 42.5 Å². The molecule has 1 aliphatic heterocycles. The van der Waals surface area contributed by atoms with E-state index >= 15 is 0 Å². The molecule has 31 heavy (non-hydrogen) atoms. The van der Waals surface area contributed by atoms with Crippen molar-refractivity contribution in [3.8, 4) is 11.8 Å². The number of carbonyl (C=O) groups is 1. The molecule has 170 valence electrons. The first kappa shape index (κ1) is 25.0. The van der Waals surface area contributed by atoms with Crippen molar-refractivity contribution in [3.63, 3.8) is 0 Å². The molecule has 1 aliphatic rings. The van der Waals surface area contributed by atoms with Crippen molar-refractivity contribution in [1.29, 1.82) is 0 Å². The monoisotopic (exact) mass is 435 g/mol. The zero-order valence-electron chi connectivity index (χ0n) is 18.5. The van der Waals surface area contributed by atoms with Gasteiger partial charge in [0, 0.05) is 19.0 Å². The topological polar surface area (TPSA) is 40.5 Å². The minimum atomic E-state index is -4.39. The molecule has 1 aromatic rings. The summed E-state index contributed by atoms with van der Waals surface area (Å²) in [6.45, 7) is 10.6. The van der Waals surface area contributed by atoms with Gasteiger partial charge in [-0.2, -0.15) is 13.2 Å². The van der Waals surface area contributed by atoms with Crippen LogP contribution in [-0.2, 0) is 11.0 Å². The Hall–Kier alpha value is -2.26. The van der Waals surface area contributed by atoms with Gasteiger partial charge in [-0.3, -0.25) is 9.69 Å². The van der Waals surface area contributed by atoms with Gasteiger partial charge in [0.15, 0.2) is 0 Å². The molecule has 0 saturated carbocycles. The van der Waals surface area contributed by atoms with Crippen molar-refractivity contribution < 1.29 is 23.1 Å². The molecule has 2 rings (SSSR count). The summed E-state index contributed by atoms with van der Waals surface area (Å²) in [6.07, 6.45) is -1.14. The number of rotatable bonds is 7. The Kier molecular flexibility index (Phi) is 8.76. The quantitative estimate of drug-likeness (QED) is 0.510. The van der Waals surface area contributed by atoms with Gasteiger partial charge in [0.2, 0.25) is 0 Å². The normalized spacial score (nSPS) is 20.7.